The molecule has 0 radical (unpaired) electrons. The monoisotopic (exact) mass is 468 g/mol. The van der Waals surface area contributed by atoms with Gasteiger partial charge in [0.1, 0.15) is 5.75 Å². The molecule has 1 atom stereocenters. The number of hydrogen-bond donors (Lipinski definition) is 1. The summed E-state index contributed by atoms with van der Waals surface area (Å²) in [5.41, 5.74) is 0.629. The Balaban J connectivity index is 2.16. The highest BCUT2D eigenvalue weighted by atomic mass is 35.5. The molecule has 0 heterocycles. The van der Waals surface area contributed by atoms with E-state index in [4.69, 9.17) is 21.1 Å². The molecule has 1 unspecified atom stereocenters. The third kappa shape index (κ3) is 6.95. The number of ether oxygens (including phenoxy) is 2. The predicted molar refractivity (Wildman–Crippen MR) is 116 cm³/mol. The molecule has 0 saturated carbocycles. The van der Waals surface area contributed by atoms with Crippen molar-refractivity contribution in [3.05, 3.63) is 59.1 Å². The molecule has 2 rings (SSSR count). The first-order valence-corrected chi connectivity index (χ1v) is 11.3. The van der Waals surface area contributed by atoms with Crippen LogP contribution in [0.25, 0.3) is 0 Å². The lowest BCUT2D eigenvalue weighted by Gasteiger charge is -2.22. The van der Waals surface area contributed by atoms with Gasteiger partial charge in [-0.3, -0.25) is 9.59 Å². The summed E-state index contributed by atoms with van der Waals surface area (Å²) in [7, 11) is -1.08. The van der Waals surface area contributed by atoms with Crippen molar-refractivity contribution in [2.24, 2.45) is 0 Å². The molecule has 2 aromatic rings. The molecular formula is C21H25ClN2O6S. The van der Waals surface area contributed by atoms with Crippen molar-refractivity contribution in [3.8, 4) is 5.75 Å². The molecular weight excluding hydrogens is 444 g/mol. The van der Waals surface area contributed by atoms with E-state index in [2.05, 4.69) is 5.32 Å². The van der Waals surface area contributed by atoms with Gasteiger partial charge in [-0.25, -0.2) is 8.42 Å². The molecule has 0 bridgehead atoms. The Bertz CT molecular complexity index is 1010. The molecule has 0 fully saturated rings. The zero-order valence-corrected chi connectivity index (χ0v) is 19.1. The zero-order chi connectivity index (χ0) is 23.0. The van der Waals surface area contributed by atoms with Crippen molar-refractivity contribution in [1.29, 1.82) is 0 Å². The van der Waals surface area contributed by atoms with Crippen molar-refractivity contribution in [2.75, 3.05) is 27.3 Å². The molecule has 10 heteroatoms. The van der Waals surface area contributed by atoms with E-state index in [1.165, 1.54) is 38.4 Å². The second-order valence-electron chi connectivity index (χ2n) is 6.62. The lowest BCUT2D eigenvalue weighted by atomic mass is 10.0. The number of nitrogens with one attached hydrogen (secondary N) is 1. The van der Waals surface area contributed by atoms with Gasteiger partial charge in [0.15, 0.2) is 0 Å². The number of nitrogens with zero attached hydrogens (tertiary/aromatic N) is 1. The molecule has 1 N–H and O–H groups in total. The van der Waals surface area contributed by atoms with E-state index in [-0.39, 0.29) is 17.9 Å². The number of methoxy groups -OCH3 is 1. The minimum atomic E-state index is -3.89. The van der Waals surface area contributed by atoms with Crippen LogP contribution in [-0.2, 0) is 24.3 Å². The van der Waals surface area contributed by atoms with Crippen LogP contribution in [-0.4, -0.2) is 51.9 Å². The van der Waals surface area contributed by atoms with Crippen molar-refractivity contribution in [2.45, 2.75) is 24.3 Å². The maximum atomic E-state index is 12.7. The molecule has 0 aliphatic heterocycles. The summed E-state index contributed by atoms with van der Waals surface area (Å²) < 4.78 is 36.5. The van der Waals surface area contributed by atoms with Gasteiger partial charge in [-0.1, -0.05) is 23.7 Å². The van der Waals surface area contributed by atoms with Crippen LogP contribution in [0.1, 0.15) is 24.9 Å². The third-order valence-corrected chi connectivity index (χ3v) is 6.47. The van der Waals surface area contributed by atoms with Gasteiger partial charge in [0, 0.05) is 12.1 Å². The van der Waals surface area contributed by atoms with Crippen molar-refractivity contribution < 1.29 is 27.5 Å². The van der Waals surface area contributed by atoms with Crippen LogP contribution in [0, 0.1) is 0 Å². The number of carbonyl (C=O) groups excluding carboxylic acids is 2. The molecule has 0 aromatic heterocycles. The van der Waals surface area contributed by atoms with Gasteiger partial charge >= 0.3 is 5.97 Å². The summed E-state index contributed by atoms with van der Waals surface area (Å²) in [5.74, 6) is -0.502. The number of likely N-dealkylation sites (N-methyl/N-ethyl adjacent to an activating group) is 1. The van der Waals surface area contributed by atoms with Gasteiger partial charge in [0.2, 0.25) is 15.9 Å². The molecule has 0 spiro atoms. The van der Waals surface area contributed by atoms with Crippen molar-refractivity contribution in [1.82, 2.24) is 9.62 Å². The fourth-order valence-electron chi connectivity index (χ4n) is 2.81. The van der Waals surface area contributed by atoms with Crippen LogP contribution in [0.3, 0.4) is 0 Å². The van der Waals surface area contributed by atoms with E-state index in [0.29, 0.717) is 16.3 Å². The standard InChI is InChI=1S/C21H25ClN2O6S/c1-4-30-21(26)13-19(15-6-5-7-17(12-15)29-3)23-20(25)14-24(2)31(27,28)18-10-8-16(22)9-11-18/h5-12,19H,4,13-14H2,1-3H3,(H,23,25). The number of sulfonamides is 1. The van der Waals surface area contributed by atoms with Crippen LogP contribution >= 0.6 is 11.6 Å². The van der Waals surface area contributed by atoms with Crippen LogP contribution in [0.15, 0.2) is 53.4 Å². The summed E-state index contributed by atoms with van der Waals surface area (Å²) in [6, 6.07) is 11.8. The fourth-order valence-corrected chi connectivity index (χ4v) is 4.06. The summed E-state index contributed by atoms with van der Waals surface area (Å²) in [6.45, 7) is 1.46. The van der Waals surface area contributed by atoms with E-state index < -0.39 is 34.5 Å². The minimum absolute atomic E-state index is 0.0167. The molecule has 0 saturated heterocycles. The Labute approximate surface area is 187 Å². The smallest absolute Gasteiger partial charge is 0.308 e. The number of esters is 1. The Hall–Kier alpha value is -2.62. The van der Waals surface area contributed by atoms with Gasteiger partial charge in [-0.2, -0.15) is 4.31 Å². The van der Waals surface area contributed by atoms with Crippen LogP contribution in [0.4, 0.5) is 0 Å². The molecule has 0 aliphatic rings. The highest BCUT2D eigenvalue weighted by Crippen LogP contribution is 2.23. The van der Waals surface area contributed by atoms with Gasteiger partial charge < -0.3 is 14.8 Å². The van der Waals surface area contributed by atoms with Gasteiger partial charge in [0.25, 0.3) is 0 Å². The first-order valence-electron chi connectivity index (χ1n) is 9.48. The highest BCUT2D eigenvalue weighted by Gasteiger charge is 2.25. The largest absolute Gasteiger partial charge is 0.497 e. The number of rotatable bonds is 10. The molecule has 31 heavy (non-hydrogen) atoms. The highest BCUT2D eigenvalue weighted by molar-refractivity contribution is 7.89. The maximum Gasteiger partial charge on any atom is 0.308 e. The Morgan fingerprint density at radius 1 is 1.16 bits per heavy atom. The Morgan fingerprint density at radius 2 is 1.84 bits per heavy atom. The quantitative estimate of drug-likeness (QED) is 0.538. The molecule has 0 aliphatic carbocycles. The number of hydrogen-bond acceptors (Lipinski definition) is 6. The van der Waals surface area contributed by atoms with E-state index in [9.17, 15) is 18.0 Å². The number of halogens is 1. The topological polar surface area (TPSA) is 102 Å². The van der Waals surface area contributed by atoms with Crippen LogP contribution in [0.2, 0.25) is 5.02 Å². The second kappa shape index (κ2) is 11.1. The Morgan fingerprint density at radius 3 is 2.45 bits per heavy atom. The van der Waals surface area contributed by atoms with Gasteiger partial charge in [0.05, 0.1) is 37.6 Å². The van der Waals surface area contributed by atoms with Crippen molar-refractivity contribution in [3.63, 3.8) is 0 Å². The summed E-state index contributed by atoms with van der Waals surface area (Å²) in [5, 5.41) is 3.12. The number of amides is 1. The molecule has 1 amide bonds. The zero-order valence-electron chi connectivity index (χ0n) is 17.5. The van der Waals surface area contributed by atoms with E-state index >= 15 is 0 Å². The lowest BCUT2D eigenvalue weighted by molar-refractivity contribution is -0.143. The summed E-state index contributed by atoms with van der Waals surface area (Å²) in [4.78, 5) is 24.7. The van der Waals surface area contributed by atoms with E-state index in [0.717, 1.165) is 4.31 Å². The average Bonchev–Trinajstić information content (AvgIpc) is 2.73. The first-order chi connectivity index (χ1) is 14.7. The van der Waals surface area contributed by atoms with Crippen LogP contribution in [0.5, 0.6) is 5.75 Å². The number of carbonyl (C=O) groups is 2. The normalized spacial score (nSPS) is 12.3. The van der Waals surface area contributed by atoms with Crippen molar-refractivity contribution >= 4 is 33.5 Å². The summed E-state index contributed by atoms with van der Waals surface area (Å²) in [6.07, 6.45) is -0.111. The first kappa shape index (κ1) is 24.6. The van der Waals surface area contributed by atoms with Crippen LogP contribution < -0.4 is 10.1 Å². The Kier molecular flexibility index (Phi) is 8.85. The van der Waals surface area contributed by atoms with E-state index in [1.807, 2.05) is 0 Å². The number of benzene rings is 2. The molecule has 8 nitrogen and oxygen atoms in total. The average molecular weight is 469 g/mol. The minimum Gasteiger partial charge on any atom is -0.497 e. The molecule has 168 valence electrons. The van der Waals surface area contributed by atoms with Gasteiger partial charge in [-0.05, 0) is 48.9 Å². The van der Waals surface area contributed by atoms with E-state index in [1.54, 1.807) is 31.2 Å². The van der Waals surface area contributed by atoms with Gasteiger partial charge in [-0.15, -0.1) is 0 Å². The lowest BCUT2D eigenvalue weighted by Crippen LogP contribution is -2.40. The fraction of sp³-hybridized carbons (Fsp3) is 0.333. The molecule has 2 aromatic carbocycles. The predicted octanol–water partition coefficient (Wildman–Crippen LogP) is 2.78. The second-order valence-corrected chi connectivity index (χ2v) is 9.10. The SMILES string of the molecule is CCOC(=O)CC(NC(=O)CN(C)S(=O)(=O)c1ccc(Cl)cc1)c1cccc(OC)c1. The maximum absolute atomic E-state index is 12.7. The summed E-state index contributed by atoms with van der Waals surface area (Å²) >= 11 is 5.81. The third-order valence-electron chi connectivity index (χ3n) is 4.40.